The first-order chi connectivity index (χ1) is 5.68. The van der Waals surface area contributed by atoms with Crippen LogP contribution in [0.25, 0.3) is 0 Å². The summed E-state index contributed by atoms with van der Waals surface area (Å²) in [6, 6.07) is 0.381. The van der Waals surface area contributed by atoms with Crippen LogP contribution >= 0.6 is 0 Å². The molecule has 1 rings (SSSR count). The van der Waals surface area contributed by atoms with Gasteiger partial charge in [-0.1, -0.05) is 0 Å². The molecular formula is C8H16N2O2. The van der Waals surface area contributed by atoms with Gasteiger partial charge in [0.05, 0.1) is 26.1 Å². The number of rotatable bonds is 3. The van der Waals surface area contributed by atoms with Crippen molar-refractivity contribution in [1.82, 2.24) is 5.32 Å². The quantitative estimate of drug-likeness (QED) is 0.477. The van der Waals surface area contributed by atoms with Gasteiger partial charge in [0.1, 0.15) is 0 Å². The standard InChI is InChI=1S/C8H16N2O2/c1-10-4-2-7(3-5-10)9-6-8(11)12/h7,9H,2-6H2,1H3,(H,11,12). The Morgan fingerprint density at radius 2 is 2.17 bits per heavy atom. The van der Waals surface area contributed by atoms with Gasteiger partial charge >= 0.3 is 0 Å². The van der Waals surface area contributed by atoms with Gasteiger partial charge < -0.3 is 20.1 Å². The predicted molar refractivity (Wildman–Crippen MR) is 42.7 cm³/mol. The van der Waals surface area contributed by atoms with E-state index in [4.69, 9.17) is 0 Å². The molecule has 1 saturated heterocycles. The Morgan fingerprint density at radius 3 is 2.67 bits per heavy atom. The minimum Gasteiger partial charge on any atom is -0.549 e. The van der Waals surface area contributed by atoms with E-state index < -0.39 is 5.97 Å². The molecule has 70 valence electrons. The van der Waals surface area contributed by atoms with Crippen molar-refractivity contribution in [3.8, 4) is 0 Å². The van der Waals surface area contributed by atoms with Crippen molar-refractivity contribution in [2.75, 3.05) is 26.7 Å². The average molecular weight is 172 g/mol. The summed E-state index contributed by atoms with van der Waals surface area (Å²) in [5, 5.41) is 13.1. The summed E-state index contributed by atoms with van der Waals surface area (Å²) in [5.41, 5.74) is 0. The molecular weight excluding hydrogens is 156 g/mol. The molecule has 4 heteroatoms. The maximum Gasteiger partial charge on any atom is 0.0784 e. The highest BCUT2D eigenvalue weighted by Crippen LogP contribution is 1.97. The lowest BCUT2D eigenvalue weighted by molar-refractivity contribution is -0.885. The van der Waals surface area contributed by atoms with Gasteiger partial charge in [0.2, 0.25) is 0 Å². The third-order valence-corrected chi connectivity index (χ3v) is 2.37. The van der Waals surface area contributed by atoms with E-state index in [9.17, 15) is 9.90 Å². The number of likely N-dealkylation sites (tertiary alicyclic amines) is 1. The van der Waals surface area contributed by atoms with Crippen molar-refractivity contribution >= 4 is 5.97 Å². The van der Waals surface area contributed by atoms with E-state index in [1.54, 1.807) is 0 Å². The molecule has 0 saturated carbocycles. The molecule has 0 aromatic carbocycles. The maximum absolute atomic E-state index is 10.1. The highest BCUT2D eigenvalue weighted by Gasteiger charge is 2.17. The van der Waals surface area contributed by atoms with Gasteiger partial charge in [0.15, 0.2) is 0 Å². The Balaban J connectivity index is 2.13. The first-order valence-corrected chi connectivity index (χ1v) is 4.43. The lowest BCUT2D eigenvalue weighted by Crippen LogP contribution is -3.10. The Bertz CT molecular complexity index is 153. The van der Waals surface area contributed by atoms with Gasteiger partial charge in [0.25, 0.3) is 0 Å². The van der Waals surface area contributed by atoms with Crippen LogP contribution in [0.4, 0.5) is 0 Å². The van der Waals surface area contributed by atoms with Crippen molar-refractivity contribution in [2.45, 2.75) is 18.9 Å². The van der Waals surface area contributed by atoms with Crippen molar-refractivity contribution < 1.29 is 14.8 Å². The number of piperidine rings is 1. The fourth-order valence-corrected chi connectivity index (χ4v) is 1.54. The van der Waals surface area contributed by atoms with Crippen LogP contribution in [-0.2, 0) is 4.79 Å². The molecule has 1 aliphatic heterocycles. The summed E-state index contributed by atoms with van der Waals surface area (Å²) in [6.07, 6.45) is 2.14. The number of carbonyl (C=O) groups excluding carboxylic acids is 1. The number of nitrogens with one attached hydrogen (secondary N) is 2. The number of carboxylic acids is 1. The summed E-state index contributed by atoms with van der Waals surface area (Å²) in [6.45, 7) is 2.25. The van der Waals surface area contributed by atoms with Crippen LogP contribution in [0, 0.1) is 0 Å². The second-order valence-electron chi connectivity index (χ2n) is 3.48. The van der Waals surface area contributed by atoms with Crippen LogP contribution < -0.4 is 15.3 Å². The summed E-state index contributed by atoms with van der Waals surface area (Å²) in [5.74, 6) is -1.01. The number of hydrogen-bond acceptors (Lipinski definition) is 3. The molecule has 2 N–H and O–H groups in total. The molecule has 0 radical (unpaired) electrons. The SMILES string of the molecule is C[NH+]1CCC(NCC(=O)[O-])CC1. The lowest BCUT2D eigenvalue weighted by atomic mass is 10.1. The van der Waals surface area contributed by atoms with E-state index in [0.29, 0.717) is 6.04 Å². The molecule has 1 aliphatic rings. The molecule has 1 fully saturated rings. The number of carbonyl (C=O) groups is 1. The first kappa shape index (κ1) is 9.48. The molecule has 12 heavy (non-hydrogen) atoms. The zero-order chi connectivity index (χ0) is 8.97. The van der Waals surface area contributed by atoms with Crippen LogP contribution in [0.3, 0.4) is 0 Å². The Labute approximate surface area is 72.6 Å². The zero-order valence-electron chi connectivity index (χ0n) is 7.43. The maximum atomic E-state index is 10.1. The minimum atomic E-state index is -1.01. The summed E-state index contributed by atoms with van der Waals surface area (Å²) in [7, 11) is 2.16. The number of aliphatic carboxylic acids is 1. The average Bonchev–Trinajstić information content (AvgIpc) is 2.03. The number of carboxylic acid groups (broad SMARTS) is 1. The Hall–Kier alpha value is -0.610. The third-order valence-electron chi connectivity index (χ3n) is 2.37. The largest absolute Gasteiger partial charge is 0.549 e. The molecule has 1 heterocycles. The van der Waals surface area contributed by atoms with Gasteiger partial charge in [-0.15, -0.1) is 0 Å². The molecule has 0 bridgehead atoms. The summed E-state index contributed by atoms with van der Waals surface area (Å²) < 4.78 is 0. The third kappa shape index (κ3) is 3.19. The molecule has 0 unspecified atom stereocenters. The van der Waals surface area contributed by atoms with E-state index in [-0.39, 0.29) is 6.54 Å². The predicted octanol–water partition coefficient (Wildman–Crippen LogP) is -3.00. The first-order valence-electron chi connectivity index (χ1n) is 4.43. The van der Waals surface area contributed by atoms with Crippen LogP contribution in [-0.4, -0.2) is 38.7 Å². The zero-order valence-corrected chi connectivity index (χ0v) is 7.43. The topological polar surface area (TPSA) is 56.6 Å². The Morgan fingerprint density at radius 1 is 1.58 bits per heavy atom. The van der Waals surface area contributed by atoms with E-state index in [1.807, 2.05) is 0 Å². The molecule has 0 atom stereocenters. The van der Waals surface area contributed by atoms with E-state index >= 15 is 0 Å². The van der Waals surface area contributed by atoms with E-state index in [1.165, 1.54) is 4.90 Å². The van der Waals surface area contributed by atoms with Crippen molar-refractivity contribution in [1.29, 1.82) is 0 Å². The van der Waals surface area contributed by atoms with Crippen LogP contribution in [0.5, 0.6) is 0 Å². The fraction of sp³-hybridized carbons (Fsp3) is 0.875. The van der Waals surface area contributed by atoms with Crippen molar-refractivity contribution in [3.63, 3.8) is 0 Å². The van der Waals surface area contributed by atoms with Gasteiger partial charge in [0, 0.05) is 25.4 Å². The van der Waals surface area contributed by atoms with Crippen molar-refractivity contribution in [3.05, 3.63) is 0 Å². The normalized spacial score (nSPS) is 30.1. The van der Waals surface area contributed by atoms with Gasteiger partial charge in [-0.25, -0.2) is 0 Å². The second kappa shape index (κ2) is 4.42. The van der Waals surface area contributed by atoms with Crippen LogP contribution in [0.15, 0.2) is 0 Å². The molecule has 4 nitrogen and oxygen atoms in total. The smallest absolute Gasteiger partial charge is 0.0784 e. The van der Waals surface area contributed by atoms with Gasteiger partial charge in [-0.05, 0) is 0 Å². The van der Waals surface area contributed by atoms with E-state index in [0.717, 1.165) is 25.9 Å². The minimum absolute atomic E-state index is 0.0102. The van der Waals surface area contributed by atoms with Crippen molar-refractivity contribution in [2.24, 2.45) is 0 Å². The Kier molecular flexibility index (Phi) is 3.49. The second-order valence-corrected chi connectivity index (χ2v) is 3.48. The van der Waals surface area contributed by atoms with Crippen LogP contribution in [0.2, 0.25) is 0 Å². The number of quaternary nitrogens is 1. The molecule has 0 spiro atoms. The van der Waals surface area contributed by atoms with Crippen LogP contribution in [0.1, 0.15) is 12.8 Å². The molecule has 0 amide bonds. The monoisotopic (exact) mass is 172 g/mol. The fourth-order valence-electron chi connectivity index (χ4n) is 1.54. The van der Waals surface area contributed by atoms with Gasteiger partial charge in [-0.3, -0.25) is 0 Å². The molecule has 0 aromatic heterocycles. The summed E-state index contributed by atoms with van der Waals surface area (Å²) >= 11 is 0. The molecule has 0 aliphatic carbocycles. The van der Waals surface area contributed by atoms with Gasteiger partial charge in [-0.2, -0.15) is 0 Å². The molecule has 0 aromatic rings. The summed E-state index contributed by atoms with van der Waals surface area (Å²) in [4.78, 5) is 11.7. The van der Waals surface area contributed by atoms with E-state index in [2.05, 4.69) is 12.4 Å². The lowest BCUT2D eigenvalue weighted by Gasteiger charge is -2.27. The number of hydrogen-bond donors (Lipinski definition) is 2. The highest BCUT2D eigenvalue weighted by atomic mass is 16.4. The highest BCUT2D eigenvalue weighted by molar-refractivity contribution is 5.66.